The molecule has 7 heteroatoms. The van der Waals surface area contributed by atoms with Gasteiger partial charge in [0, 0.05) is 10.7 Å². The Kier molecular flexibility index (Phi) is 7.04. The molecule has 1 aliphatic carbocycles. The van der Waals surface area contributed by atoms with Crippen LogP contribution < -0.4 is 15.4 Å². The number of rotatable bonds is 6. The number of halogens is 2. The van der Waals surface area contributed by atoms with Crippen molar-refractivity contribution in [3.05, 3.63) is 58.1 Å². The highest BCUT2D eigenvalue weighted by molar-refractivity contribution is 6.35. The summed E-state index contributed by atoms with van der Waals surface area (Å²) in [7, 11) is 0. The molecule has 3 rings (SSSR count). The van der Waals surface area contributed by atoms with E-state index in [9.17, 15) is 9.59 Å². The molecule has 1 aliphatic rings. The molecule has 0 aliphatic heterocycles. The molecule has 0 heterocycles. The first-order valence-electron chi connectivity index (χ1n) is 9.65. The second kappa shape index (κ2) is 9.51. The number of aryl methyl sites for hydroxylation is 1. The molecular formula is C22H24Cl2N2O3. The first-order chi connectivity index (χ1) is 13.9. The molecule has 5 nitrogen and oxygen atoms in total. The molecule has 29 heavy (non-hydrogen) atoms. The Bertz CT molecular complexity index is 895. The summed E-state index contributed by atoms with van der Waals surface area (Å²) in [6.07, 6.45) is 4.00. The summed E-state index contributed by atoms with van der Waals surface area (Å²) in [5.41, 5.74) is 0.836. The number of carbonyl (C=O) groups is 2. The van der Waals surface area contributed by atoms with Gasteiger partial charge in [-0.25, -0.2) is 0 Å². The maximum atomic E-state index is 13.1. The predicted octanol–water partition coefficient (Wildman–Crippen LogP) is 5.14. The van der Waals surface area contributed by atoms with Gasteiger partial charge in [-0.1, -0.05) is 54.6 Å². The third-order valence-corrected chi connectivity index (χ3v) is 5.58. The van der Waals surface area contributed by atoms with Gasteiger partial charge in [0.2, 0.25) is 5.91 Å². The number of nitrogens with one attached hydrogen (secondary N) is 2. The van der Waals surface area contributed by atoms with Crippen LogP contribution >= 0.6 is 23.2 Å². The lowest BCUT2D eigenvalue weighted by Crippen LogP contribution is -2.58. The zero-order valence-corrected chi connectivity index (χ0v) is 17.8. The van der Waals surface area contributed by atoms with Crippen molar-refractivity contribution in [1.29, 1.82) is 0 Å². The van der Waals surface area contributed by atoms with E-state index in [0.717, 1.165) is 30.5 Å². The fourth-order valence-corrected chi connectivity index (χ4v) is 4.04. The van der Waals surface area contributed by atoms with Crippen LogP contribution in [0.25, 0.3) is 0 Å². The lowest BCUT2D eigenvalue weighted by atomic mass is 9.80. The minimum atomic E-state index is -0.938. The van der Waals surface area contributed by atoms with E-state index in [1.54, 1.807) is 18.2 Å². The molecule has 0 aromatic heterocycles. The van der Waals surface area contributed by atoms with E-state index in [2.05, 4.69) is 10.6 Å². The molecule has 154 valence electrons. The van der Waals surface area contributed by atoms with Gasteiger partial charge < -0.3 is 15.4 Å². The fourth-order valence-electron chi connectivity index (χ4n) is 3.58. The summed E-state index contributed by atoms with van der Waals surface area (Å²) in [6.45, 7) is 1.73. The van der Waals surface area contributed by atoms with Gasteiger partial charge >= 0.3 is 0 Å². The summed E-state index contributed by atoms with van der Waals surface area (Å²) in [5, 5.41) is 6.70. The van der Waals surface area contributed by atoms with Crippen molar-refractivity contribution < 1.29 is 14.3 Å². The molecular weight excluding hydrogens is 411 g/mol. The standard InChI is InChI=1S/C22H24Cl2N2O3/c1-15-6-5-7-17(12-15)25-21(28)22(10-3-2-4-11-22)26-20(27)14-29-19-9-8-16(23)13-18(19)24/h5-9,12-13H,2-4,10-11,14H2,1H3,(H,25,28)(H,26,27). The normalized spacial score (nSPS) is 15.4. The van der Waals surface area contributed by atoms with Crippen molar-refractivity contribution in [2.24, 2.45) is 0 Å². The van der Waals surface area contributed by atoms with E-state index >= 15 is 0 Å². The predicted molar refractivity (Wildman–Crippen MR) is 116 cm³/mol. The smallest absolute Gasteiger partial charge is 0.258 e. The number of hydrogen-bond donors (Lipinski definition) is 2. The number of benzene rings is 2. The topological polar surface area (TPSA) is 67.4 Å². The summed E-state index contributed by atoms with van der Waals surface area (Å²) < 4.78 is 5.52. The maximum Gasteiger partial charge on any atom is 0.258 e. The van der Waals surface area contributed by atoms with E-state index in [4.69, 9.17) is 27.9 Å². The van der Waals surface area contributed by atoms with Gasteiger partial charge in [-0.05, 0) is 55.7 Å². The van der Waals surface area contributed by atoms with Crippen LogP contribution in [-0.2, 0) is 9.59 Å². The average Bonchev–Trinajstić information content (AvgIpc) is 2.68. The largest absolute Gasteiger partial charge is 0.482 e. The van der Waals surface area contributed by atoms with Crippen molar-refractivity contribution in [2.45, 2.75) is 44.6 Å². The van der Waals surface area contributed by atoms with Gasteiger partial charge in [0.05, 0.1) is 5.02 Å². The van der Waals surface area contributed by atoms with E-state index in [-0.39, 0.29) is 18.4 Å². The molecule has 0 atom stereocenters. The van der Waals surface area contributed by atoms with Crippen molar-refractivity contribution in [3.8, 4) is 5.75 Å². The number of carbonyl (C=O) groups excluding carboxylic acids is 2. The highest BCUT2D eigenvalue weighted by Gasteiger charge is 2.41. The number of ether oxygens (including phenoxy) is 1. The van der Waals surface area contributed by atoms with E-state index in [0.29, 0.717) is 28.6 Å². The molecule has 1 saturated carbocycles. The van der Waals surface area contributed by atoms with Crippen molar-refractivity contribution >= 4 is 40.7 Å². The SMILES string of the molecule is Cc1cccc(NC(=O)C2(NC(=O)COc3ccc(Cl)cc3Cl)CCCCC2)c1. The second-order valence-corrected chi connectivity index (χ2v) is 8.22. The lowest BCUT2D eigenvalue weighted by Gasteiger charge is -2.36. The first-order valence-corrected chi connectivity index (χ1v) is 10.4. The van der Waals surface area contributed by atoms with E-state index < -0.39 is 5.54 Å². The van der Waals surface area contributed by atoms with E-state index in [1.165, 1.54) is 0 Å². The zero-order chi connectivity index (χ0) is 20.9. The minimum Gasteiger partial charge on any atom is -0.482 e. The highest BCUT2D eigenvalue weighted by Crippen LogP contribution is 2.30. The van der Waals surface area contributed by atoms with Crippen molar-refractivity contribution in [3.63, 3.8) is 0 Å². The molecule has 0 bridgehead atoms. The first kappa shape index (κ1) is 21.5. The van der Waals surface area contributed by atoms with Crippen LogP contribution in [-0.4, -0.2) is 24.0 Å². The lowest BCUT2D eigenvalue weighted by molar-refractivity contribution is -0.132. The number of hydrogen-bond acceptors (Lipinski definition) is 3. The monoisotopic (exact) mass is 434 g/mol. The van der Waals surface area contributed by atoms with Gasteiger partial charge in [0.25, 0.3) is 5.91 Å². The summed E-state index contributed by atoms with van der Waals surface area (Å²) in [6, 6.07) is 12.4. The zero-order valence-electron chi connectivity index (χ0n) is 16.3. The Balaban J connectivity index is 1.67. The molecule has 2 amide bonds. The maximum absolute atomic E-state index is 13.1. The third-order valence-electron chi connectivity index (χ3n) is 5.05. The Morgan fingerprint density at radius 3 is 2.52 bits per heavy atom. The third kappa shape index (κ3) is 5.64. The van der Waals surface area contributed by atoms with Crippen LogP contribution in [0.1, 0.15) is 37.7 Å². The van der Waals surface area contributed by atoms with Gasteiger partial charge in [-0.2, -0.15) is 0 Å². The van der Waals surface area contributed by atoms with E-state index in [1.807, 2.05) is 31.2 Å². The molecule has 0 radical (unpaired) electrons. The van der Waals surface area contributed by atoms with Gasteiger partial charge in [-0.15, -0.1) is 0 Å². The molecule has 0 spiro atoms. The molecule has 0 unspecified atom stereocenters. The molecule has 2 aromatic rings. The van der Waals surface area contributed by atoms with Crippen LogP contribution in [0.4, 0.5) is 5.69 Å². The van der Waals surface area contributed by atoms with Crippen molar-refractivity contribution in [1.82, 2.24) is 5.32 Å². The van der Waals surface area contributed by atoms with Crippen LogP contribution in [0.5, 0.6) is 5.75 Å². The van der Waals surface area contributed by atoms with Crippen LogP contribution in [0, 0.1) is 6.92 Å². The quantitative estimate of drug-likeness (QED) is 0.661. The fraction of sp³-hybridized carbons (Fsp3) is 0.364. The molecule has 2 aromatic carbocycles. The molecule has 1 fully saturated rings. The van der Waals surface area contributed by atoms with Gasteiger partial charge in [0.15, 0.2) is 6.61 Å². The Morgan fingerprint density at radius 1 is 1.07 bits per heavy atom. The Labute approximate surface area is 180 Å². The van der Waals surface area contributed by atoms with Crippen molar-refractivity contribution in [2.75, 3.05) is 11.9 Å². The highest BCUT2D eigenvalue weighted by atomic mass is 35.5. The molecule has 2 N–H and O–H groups in total. The minimum absolute atomic E-state index is 0.194. The van der Waals surface area contributed by atoms with Gasteiger partial charge in [0.1, 0.15) is 11.3 Å². The second-order valence-electron chi connectivity index (χ2n) is 7.38. The molecule has 0 saturated heterocycles. The van der Waals surface area contributed by atoms with Crippen LogP contribution in [0.2, 0.25) is 10.0 Å². The van der Waals surface area contributed by atoms with Crippen LogP contribution in [0.3, 0.4) is 0 Å². The average molecular weight is 435 g/mol. The Hall–Kier alpha value is -2.24. The number of amides is 2. The van der Waals surface area contributed by atoms with Gasteiger partial charge in [-0.3, -0.25) is 9.59 Å². The summed E-state index contributed by atoms with van der Waals surface area (Å²) >= 11 is 12.0. The summed E-state index contributed by atoms with van der Waals surface area (Å²) in [4.78, 5) is 25.7. The number of anilines is 1. The summed E-state index contributed by atoms with van der Waals surface area (Å²) in [5.74, 6) is -0.189. The van der Waals surface area contributed by atoms with Crippen LogP contribution in [0.15, 0.2) is 42.5 Å². The Morgan fingerprint density at radius 2 is 1.83 bits per heavy atom.